The van der Waals surface area contributed by atoms with Gasteiger partial charge in [-0.25, -0.2) is 8.78 Å². The topological polar surface area (TPSA) is 157 Å². The van der Waals surface area contributed by atoms with Crippen molar-refractivity contribution in [2.75, 3.05) is 80.4 Å². The number of anilines is 3. The van der Waals surface area contributed by atoms with Gasteiger partial charge in [-0.1, -0.05) is 11.2 Å². The van der Waals surface area contributed by atoms with Crippen molar-refractivity contribution in [3.63, 3.8) is 0 Å². The second-order valence-corrected chi connectivity index (χ2v) is 11.1. The minimum absolute atomic E-state index is 0.137. The van der Waals surface area contributed by atoms with Crippen molar-refractivity contribution in [1.82, 2.24) is 34.8 Å². The summed E-state index contributed by atoms with van der Waals surface area (Å²) in [5, 5.41) is 6.83. The number of likely N-dealkylation sites (N-methyl/N-ethyl adjacent to an activating group) is 1. The van der Waals surface area contributed by atoms with Crippen LogP contribution in [0.4, 0.5) is 26.4 Å². The zero-order valence-electron chi connectivity index (χ0n) is 22.6. The van der Waals surface area contributed by atoms with Crippen molar-refractivity contribution in [1.29, 1.82) is 0 Å². The molecule has 3 N–H and O–H groups in total. The van der Waals surface area contributed by atoms with Crippen LogP contribution in [0.3, 0.4) is 0 Å². The number of nitrogens with two attached hydrogens (primary N) is 1. The third kappa shape index (κ3) is 6.49. The Kier molecular flexibility index (Phi) is 8.51. The molecule has 1 saturated heterocycles. The number of rotatable bonds is 10. The molecule has 0 aliphatic carbocycles. The molecule has 0 unspecified atom stereocenters. The molecule has 0 bridgehead atoms. The van der Waals surface area contributed by atoms with Crippen molar-refractivity contribution >= 4 is 40.4 Å². The minimum atomic E-state index is -1.09. The van der Waals surface area contributed by atoms with Gasteiger partial charge in [0.25, 0.3) is 11.7 Å². The van der Waals surface area contributed by atoms with Crippen molar-refractivity contribution in [2.24, 2.45) is 0 Å². The van der Waals surface area contributed by atoms with Crippen LogP contribution in [0.15, 0.2) is 34.9 Å². The molecule has 4 aromatic rings. The van der Waals surface area contributed by atoms with Crippen LogP contribution in [-0.2, 0) is 11.2 Å². The Morgan fingerprint density at radius 2 is 1.98 bits per heavy atom. The molecular formula is C25H30F2N10O3S. The molecule has 0 saturated carbocycles. The smallest absolute Gasteiger partial charge is 0.259 e. The van der Waals surface area contributed by atoms with Crippen LogP contribution >= 0.6 is 0 Å². The lowest BCUT2D eigenvalue weighted by Gasteiger charge is -2.37. The summed E-state index contributed by atoms with van der Waals surface area (Å²) in [4.78, 5) is 31.5. The highest BCUT2D eigenvalue weighted by atomic mass is 32.2. The molecule has 1 fully saturated rings. The molecule has 1 aliphatic rings. The number of halogens is 2. The molecule has 0 radical (unpaired) electrons. The SMILES string of the molecule is CN(CCN1CCN(c2cc(C(=O)NCC[S@+](C)[O-])c(F)cc2F)CC1)c1nc(N)n2nc(-c3ccco3)nc2n1. The van der Waals surface area contributed by atoms with Gasteiger partial charge in [-0.15, -0.1) is 5.10 Å². The Labute approximate surface area is 237 Å². The highest BCUT2D eigenvalue weighted by molar-refractivity contribution is 7.90. The molecule has 0 spiro atoms. The quantitative estimate of drug-likeness (QED) is 0.255. The number of furan rings is 1. The van der Waals surface area contributed by atoms with Crippen LogP contribution in [-0.4, -0.2) is 105 Å². The monoisotopic (exact) mass is 588 g/mol. The van der Waals surface area contributed by atoms with E-state index in [0.29, 0.717) is 62.6 Å². The lowest BCUT2D eigenvalue weighted by molar-refractivity contribution is 0.0952. The molecule has 3 aromatic heterocycles. The number of hydrogen-bond acceptors (Lipinski definition) is 11. The normalized spacial score (nSPS) is 14.9. The number of benzene rings is 1. The predicted molar refractivity (Wildman–Crippen MR) is 150 cm³/mol. The van der Waals surface area contributed by atoms with E-state index in [0.717, 1.165) is 6.07 Å². The fraction of sp³-hybridized carbons (Fsp3) is 0.400. The van der Waals surface area contributed by atoms with E-state index in [1.165, 1.54) is 23.1 Å². The van der Waals surface area contributed by atoms with Gasteiger partial charge in [0.2, 0.25) is 17.7 Å². The largest absolute Gasteiger partial charge is 0.617 e. The van der Waals surface area contributed by atoms with Gasteiger partial charge in [0, 0.05) is 52.4 Å². The number of piperazine rings is 1. The molecule has 16 heteroatoms. The van der Waals surface area contributed by atoms with Crippen LogP contribution in [0.2, 0.25) is 0 Å². The average Bonchev–Trinajstić information content (AvgIpc) is 3.62. The maximum absolute atomic E-state index is 14.7. The standard InChI is InChI=1S/C25H30F2N10O3S/c1-34(24-31-23(28)37-25(32-24)30-21(33-37)20-4-3-12-40-20)6-7-35-8-10-36(11-9-35)19-14-16(17(26)15-18(19)27)22(38)29-5-13-41(2)39/h3-4,12,14-15H,5-11,13H2,1-2H3,(H,29,38)(H2,28,30,31,32,33)/t41-/m0/s1. The molecule has 4 heterocycles. The lowest BCUT2D eigenvalue weighted by atomic mass is 10.1. The summed E-state index contributed by atoms with van der Waals surface area (Å²) in [7, 11) is 1.85. The molecule has 218 valence electrons. The van der Waals surface area contributed by atoms with Gasteiger partial charge in [0.1, 0.15) is 17.4 Å². The van der Waals surface area contributed by atoms with Gasteiger partial charge in [0.15, 0.2) is 5.76 Å². The first-order valence-corrected chi connectivity index (χ1v) is 14.6. The highest BCUT2D eigenvalue weighted by Crippen LogP contribution is 2.25. The third-order valence-electron chi connectivity index (χ3n) is 6.73. The maximum atomic E-state index is 14.7. The van der Waals surface area contributed by atoms with Crippen LogP contribution in [0.1, 0.15) is 10.4 Å². The molecular weight excluding hydrogens is 558 g/mol. The number of nitrogens with one attached hydrogen (secondary N) is 1. The van der Waals surface area contributed by atoms with E-state index in [1.807, 2.05) is 11.9 Å². The van der Waals surface area contributed by atoms with Crippen LogP contribution in [0.5, 0.6) is 0 Å². The lowest BCUT2D eigenvalue weighted by Crippen LogP contribution is -2.48. The summed E-state index contributed by atoms with van der Waals surface area (Å²) < 4.78 is 47.0. The number of hydrogen-bond donors (Lipinski definition) is 2. The fourth-order valence-electron chi connectivity index (χ4n) is 4.44. The Balaban J connectivity index is 1.17. The Hall–Kier alpha value is -4.02. The van der Waals surface area contributed by atoms with Crippen molar-refractivity contribution in [2.45, 2.75) is 0 Å². The summed E-state index contributed by atoms with van der Waals surface area (Å²) >= 11 is -1.09. The van der Waals surface area contributed by atoms with Crippen molar-refractivity contribution < 1.29 is 22.5 Å². The molecule has 13 nitrogen and oxygen atoms in total. The Morgan fingerprint density at radius 1 is 1.20 bits per heavy atom. The average molecular weight is 589 g/mol. The molecule has 41 heavy (non-hydrogen) atoms. The van der Waals surface area contributed by atoms with Crippen LogP contribution in [0, 0.1) is 11.6 Å². The summed E-state index contributed by atoms with van der Waals surface area (Å²) in [6.07, 6.45) is 3.04. The molecule has 1 aromatic carbocycles. The van der Waals surface area contributed by atoms with E-state index in [9.17, 15) is 18.1 Å². The number of amides is 1. The number of aromatic nitrogens is 5. The first kappa shape index (κ1) is 28.5. The van der Waals surface area contributed by atoms with E-state index in [1.54, 1.807) is 17.0 Å². The van der Waals surface area contributed by atoms with E-state index in [2.05, 4.69) is 30.3 Å². The minimum Gasteiger partial charge on any atom is -0.617 e. The van der Waals surface area contributed by atoms with Crippen LogP contribution in [0.25, 0.3) is 17.4 Å². The number of nitrogens with zero attached hydrogens (tertiary/aromatic N) is 8. The highest BCUT2D eigenvalue weighted by Gasteiger charge is 2.24. The van der Waals surface area contributed by atoms with Gasteiger partial charge in [-0.05, 0) is 18.2 Å². The zero-order chi connectivity index (χ0) is 29.1. The zero-order valence-corrected chi connectivity index (χ0v) is 23.4. The number of carbonyl (C=O) groups excluding carboxylic acids is 1. The van der Waals surface area contributed by atoms with E-state index in [-0.39, 0.29) is 29.5 Å². The van der Waals surface area contributed by atoms with Crippen molar-refractivity contribution in [3.05, 3.63) is 47.7 Å². The molecule has 5 rings (SSSR count). The second-order valence-electron chi connectivity index (χ2n) is 9.57. The van der Waals surface area contributed by atoms with E-state index >= 15 is 0 Å². The number of carbonyl (C=O) groups is 1. The van der Waals surface area contributed by atoms with Crippen LogP contribution < -0.4 is 20.9 Å². The Bertz CT molecular complexity index is 1510. The fourth-order valence-corrected chi connectivity index (χ4v) is 4.83. The van der Waals surface area contributed by atoms with Crippen molar-refractivity contribution in [3.8, 4) is 11.6 Å². The van der Waals surface area contributed by atoms with Gasteiger partial charge in [-0.2, -0.15) is 19.5 Å². The molecule has 1 amide bonds. The maximum Gasteiger partial charge on any atom is 0.259 e. The first-order chi connectivity index (χ1) is 19.7. The summed E-state index contributed by atoms with van der Waals surface area (Å²) in [6, 6.07) is 5.46. The van der Waals surface area contributed by atoms with Gasteiger partial charge in [-0.3, -0.25) is 9.69 Å². The van der Waals surface area contributed by atoms with E-state index in [4.69, 9.17) is 10.2 Å². The summed E-state index contributed by atoms with van der Waals surface area (Å²) in [6.45, 7) is 3.66. The Morgan fingerprint density at radius 3 is 2.68 bits per heavy atom. The third-order valence-corrected chi connectivity index (χ3v) is 7.50. The van der Waals surface area contributed by atoms with Gasteiger partial charge in [0.05, 0.1) is 30.3 Å². The number of nitrogen functional groups attached to an aromatic ring is 1. The number of fused-ring (bicyclic) bond motifs is 1. The molecule has 1 aliphatic heterocycles. The van der Waals surface area contributed by atoms with Gasteiger partial charge < -0.3 is 29.8 Å². The van der Waals surface area contributed by atoms with E-state index < -0.39 is 28.7 Å². The summed E-state index contributed by atoms with van der Waals surface area (Å²) in [5.74, 6) is -0.387. The molecule has 1 atom stereocenters. The summed E-state index contributed by atoms with van der Waals surface area (Å²) in [5.41, 5.74) is 6.03. The predicted octanol–water partition coefficient (Wildman–Crippen LogP) is 1.01. The van der Waals surface area contributed by atoms with Gasteiger partial charge >= 0.3 is 0 Å². The second kappa shape index (κ2) is 12.2. The first-order valence-electron chi connectivity index (χ1n) is 12.9.